The number of aromatic nitrogens is 1. The third-order valence-corrected chi connectivity index (χ3v) is 4.25. The maximum atomic E-state index is 11.4. The summed E-state index contributed by atoms with van der Waals surface area (Å²) in [6.07, 6.45) is 3.69. The Morgan fingerprint density at radius 2 is 2.09 bits per heavy atom. The number of fused-ring (bicyclic) bond motifs is 1. The molecule has 2 aromatic rings. The number of anilines is 1. The van der Waals surface area contributed by atoms with Crippen LogP contribution in [-0.4, -0.2) is 42.0 Å². The van der Waals surface area contributed by atoms with Gasteiger partial charge in [-0.15, -0.1) is 0 Å². The van der Waals surface area contributed by atoms with Crippen molar-refractivity contribution in [2.45, 2.75) is 25.8 Å². The van der Waals surface area contributed by atoms with Crippen molar-refractivity contribution in [3.63, 3.8) is 0 Å². The average molecular weight is 299 g/mol. The van der Waals surface area contributed by atoms with Gasteiger partial charge in [0.1, 0.15) is 5.75 Å². The molecular weight excluding hydrogens is 278 g/mol. The van der Waals surface area contributed by atoms with Gasteiger partial charge in [0.05, 0.1) is 18.3 Å². The first-order valence-electron chi connectivity index (χ1n) is 7.63. The van der Waals surface area contributed by atoms with Crippen LogP contribution in [0.25, 0.3) is 10.9 Å². The number of hydrogen-bond acceptors (Lipinski definition) is 4. The van der Waals surface area contributed by atoms with Gasteiger partial charge in [-0.1, -0.05) is 6.07 Å². The summed E-state index contributed by atoms with van der Waals surface area (Å²) >= 11 is 0. The zero-order chi connectivity index (χ0) is 15.5. The molecule has 5 nitrogen and oxygen atoms in total. The number of rotatable bonds is 3. The number of piperidine rings is 1. The molecule has 22 heavy (non-hydrogen) atoms. The van der Waals surface area contributed by atoms with Gasteiger partial charge >= 0.3 is 0 Å². The number of hydrogen-bond donors (Lipinski definition) is 1. The van der Waals surface area contributed by atoms with Crippen LogP contribution in [0.3, 0.4) is 0 Å². The highest BCUT2D eigenvalue weighted by molar-refractivity contribution is 5.94. The molecule has 1 aromatic carbocycles. The predicted octanol–water partition coefficient (Wildman–Crippen LogP) is 2.67. The van der Waals surface area contributed by atoms with E-state index in [1.165, 1.54) is 0 Å². The number of nitrogens with zero attached hydrogens (tertiary/aromatic N) is 2. The van der Waals surface area contributed by atoms with E-state index in [1.54, 1.807) is 20.2 Å². The molecule has 0 aliphatic carbocycles. The first kappa shape index (κ1) is 14.6. The molecule has 5 heteroatoms. The lowest BCUT2D eigenvalue weighted by molar-refractivity contribution is -0.129. The van der Waals surface area contributed by atoms with E-state index in [1.807, 2.05) is 29.2 Å². The summed E-state index contributed by atoms with van der Waals surface area (Å²) in [5.74, 6) is 0.995. The van der Waals surface area contributed by atoms with Gasteiger partial charge in [0.15, 0.2) is 0 Å². The molecule has 3 rings (SSSR count). The SMILES string of the molecule is COc1ccnc2c(NC3CCN(C(C)=O)CC3)cccc12. The summed E-state index contributed by atoms with van der Waals surface area (Å²) in [5, 5.41) is 4.59. The predicted molar refractivity (Wildman–Crippen MR) is 87.2 cm³/mol. The first-order chi connectivity index (χ1) is 10.7. The molecule has 116 valence electrons. The Labute approximate surface area is 130 Å². The number of likely N-dealkylation sites (tertiary alicyclic amines) is 1. The summed E-state index contributed by atoms with van der Waals surface area (Å²) in [4.78, 5) is 17.8. The number of pyridine rings is 1. The fourth-order valence-corrected chi connectivity index (χ4v) is 3.00. The smallest absolute Gasteiger partial charge is 0.219 e. The van der Waals surface area contributed by atoms with Crippen LogP contribution in [-0.2, 0) is 4.79 Å². The molecule has 1 aromatic heterocycles. The van der Waals surface area contributed by atoms with Gasteiger partial charge in [-0.2, -0.15) is 0 Å². The summed E-state index contributed by atoms with van der Waals surface area (Å²) in [6.45, 7) is 3.26. The lowest BCUT2D eigenvalue weighted by Gasteiger charge is -2.32. The third kappa shape index (κ3) is 2.84. The molecule has 0 bridgehead atoms. The number of carbonyl (C=O) groups excluding carboxylic acids is 1. The second-order valence-electron chi connectivity index (χ2n) is 5.64. The van der Waals surface area contributed by atoms with Crippen LogP contribution < -0.4 is 10.1 Å². The Morgan fingerprint density at radius 1 is 1.32 bits per heavy atom. The Balaban J connectivity index is 1.79. The van der Waals surface area contributed by atoms with Crippen molar-refractivity contribution in [3.8, 4) is 5.75 Å². The second kappa shape index (κ2) is 6.22. The van der Waals surface area contributed by atoms with E-state index in [2.05, 4.69) is 10.3 Å². The van der Waals surface area contributed by atoms with Gasteiger partial charge in [0.2, 0.25) is 5.91 Å². The molecular formula is C17H21N3O2. The first-order valence-corrected chi connectivity index (χ1v) is 7.63. The summed E-state index contributed by atoms with van der Waals surface area (Å²) in [6, 6.07) is 8.32. The van der Waals surface area contributed by atoms with Crippen molar-refractivity contribution in [1.82, 2.24) is 9.88 Å². The molecule has 1 fully saturated rings. The van der Waals surface area contributed by atoms with Crippen molar-refractivity contribution in [1.29, 1.82) is 0 Å². The zero-order valence-corrected chi connectivity index (χ0v) is 13.0. The van der Waals surface area contributed by atoms with Crippen molar-refractivity contribution in [2.75, 3.05) is 25.5 Å². The fraction of sp³-hybridized carbons (Fsp3) is 0.412. The van der Waals surface area contributed by atoms with Gasteiger partial charge in [-0.05, 0) is 31.0 Å². The molecule has 1 N–H and O–H groups in total. The standard InChI is InChI=1S/C17H21N3O2/c1-12(21)20-10-7-13(8-11-20)19-15-5-3-4-14-16(22-2)6-9-18-17(14)15/h3-6,9,13,19H,7-8,10-11H2,1-2H3. The third-order valence-electron chi connectivity index (χ3n) is 4.25. The molecule has 2 heterocycles. The lowest BCUT2D eigenvalue weighted by Crippen LogP contribution is -2.41. The van der Waals surface area contributed by atoms with Crippen LogP contribution >= 0.6 is 0 Å². The fourth-order valence-electron chi connectivity index (χ4n) is 3.00. The Kier molecular flexibility index (Phi) is 4.13. The van der Waals surface area contributed by atoms with Crippen molar-refractivity contribution < 1.29 is 9.53 Å². The van der Waals surface area contributed by atoms with E-state index >= 15 is 0 Å². The van der Waals surface area contributed by atoms with E-state index < -0.39 is 0 Å². The van der Waals surface area contributed by atoms with E-state index in [0.29, 0.717) is 6.04 Å². The molecule has 1 amide bonds. The summed E-state index contributed by atoms with van der Waals surface area (Å²) in [7, 11) is 1.67. The summed E-state index contributed by atoms with van der Waals surface area (Å²) < 4.78 is 5.40. The number of ether oxygens (including phenoxy) is 1. The Bertz CT molecular complexity index is 679. The van der Waals surface area contributed by atoms with Gasteiger partial charge in [0, 0.05) is 37.6 Å². The molecule has 0 spiro atoms. The van der Waals surface area contributed by atoms with Crippen LogP contribution in [0, 0.1) is 0 Å². The monoisotopic (exact) mass is 299 g/mol. The number of para-hydroxylation sites is 1. The normalized spacial score (nSPS) is 15.8. The second-order valence-corrected chi connectivity index (χ2v) is 5.64. The number of benzene rings is 1. The summed E-state index contributed by atoms with van der Waals surface area (Å²) in [5.41, 5.74) is 1.95. The number of methoxy groups -OCH3 is 1. The minimum absolute atomic E-state index is 0.162. The molecule has 0 radical (unpaired) electrons. The number of carbonyl (C=O) groups is 1. The molecule has 0 saturated carbocycles. The Hall–Kier alpha value is -2.30. The minimum atomic E-state index is 0.162. The minimum Gasteiger partial charge on any atom is -0.496 e. The van der Waals surface area contributed by atoms with Gasteiger partial charge in [-0.3, -0.25) is 9.78 Å². The maximum Gasteiger partial charge on any atom is 0.219 e. The van der Waals surface area contributed by atoms with Crippen LogP contribution in [0.4, 0.5) is 5.69 Å². The van der Waals surface area contributed by atoms with E-state index in [4.69, 9.17) is 4.74 Å². The molecule has 0 atom stereocenters. The zero-order valence-electron chi connectivity index (χ0n) is 13.0. The van der Waals surface area contributed by atoms with E-state index in [0.717, 1.165) is 48.3 Å². The van der Waals surface area contributed by atoms with Crippen LogP contribution in [0.15, 0.2) is 30.5 Å². The van der Waals surface area contributed by atoms with Crippen LogP contribution in [0.1, 0.15) is 19.8 Å². The van der Waals surface area contributed by atoms with Crippen molar-refractivity contribution >= 4 is 22.5 Å². The molecule has 1 aliphatic heterocycles. The maximum absolute atomic E-state index is 11.4. The highest BCUT2D eigenvalue weighted by atomic mass is 16.5. The highest BCUT2D eigenvalue weighted by Crippen LogP contribution is 2.29. The Morgan fingerprint density at radius 3 is 2.77 bits per heavy atom. The van der Waals surface area contributed by atoms with Gasteiger partial charge < -0.3 is 15.0 Å². The molecule has 1 aliphatic rings. The van der Waals surface area contributed by atoms with Crippen LogP contribution in [0.2, 0.25) is 0 Å². The van der Waals surface area contributed by atoms with Crippen molar-refractivity contribution in [2.24, 2.45) is 0 Å². The number of nitrogens with one attached hydrogen (secondary N) is 1. The highest BCUT2D eigenvalue weighted by Gasteiger charge is 2.21. The lowest BCUT2D eigenvalue weighted by atomic mass is 10.0. The van der Waals surface area contributed by atoms with Crippen LogP contribution in [0.5, 0.6) is 5.75 Å². The topological polar surface area (TPSA) is 54.5 Å². The van der Waals surface area contributed by atoms with E-state index in [-0.39, 0.29) is 5.91 Å². The van der Waals surface area contributed by atoms with E-state index in [9.17, 15) is 4.79 Å². The van der Waals surface area contributed by atoms with Gasteiger partial charge in [0.25, 0.3) is 0 Å². The van der Waals surface area contributed by atoms with Crippen molar-refractivity contribution in [3.05, 3.63) is 30.5 Å². The van der Waals surface area contributed by atoms with Gasteiger partial charge in [-0.25, -0.2) is 0 Å². The molecule has 0 unspecified atom stereocenters. The average Bonchev–Trinajstić information content (AvgIpc) is 2.55. The molecule has 1 saturated heterocycles. The quantitative estimate of drug-likeness (QED) is 0.946. The number of amides is 1. The largest absolute Gasteiger partial charge is 0.496 e.